The van der Waals surface area contributed by atoms with Gasteiger partial charge in [-0.25, -0.2) is 4.68 Å². The maximum Gasteiger partial charge on any atom is 0.165 e. The summed E-state index contributed by atoms with van der Waals surface area (Å²) in [6.45, 7) is 7.76. The average Bonchev–Trinajstić information content (AvgIpc) is 2.90. The van der Waals surface area contributed by atoms with E-state index in [4.69, 9.17) is 0 Å². The highest BCUT2D eigenvalue weighted by molar-refractivity contribution is 4.87. The molecule has 1 N–H and O–H groups in total. The lowest BCUT2D eigenvalue weighted by atomic mass is 9.99. The second-order valence-corrected chi connectivity index (χ2v) is 5.98. The first-order chi connectivity index (χ1) is 9.33. The summed E-state index contributed by atoms with van der Waals surface area (Å²) in [4.78, 5) is 2.49. The fourth-order valence-electron chi connectivity index (χ4n) is 3.07. The SMILES string of the molecule is CC1CCN(Cc2nnnn2C2CCNCC2)CC1. The van der Waals surface area contributed by atoms with Gasteiger partial charge in [0, 0.05) is 0 Å². The van der Waals surface area contributed by atoms with Gasteiger partial charge in [0.15, 0.2) is 5.82 Å². The van der Waals surface area contributed by atoms with Crippen LogP contribution in [0.1, 0.15) is 44.5 Å². The van der Waals surface area contributed by atoms with Crippen LogP contribution in [-0.4, -0.2) is 51.3 Å². The Kier molecular flexibility index (Phi) is 4.08. The maximum absolute atomic E-state index is 4.24. The van der Waals surface area contributed by atoms with Crippen LogP contribution in [0.25, 0.3) is 0 Å². The molecule has 0 amide bonds. The predicted octanol–water partition coefficient (Wildman–Crippen LogP) is 0.829. The molecular weight excluding hydrogens is 240 g/mol. The molecule has 106 valence electrons. The van der Waals surface area contributed by atoms with Crippen molar-refractivity contribution in [2.24, 2.45) is 5.92 Å². The van der Waals surface area contributed by atoms with Gasteiger partial charge in [0.25, 0.3) is 0 Å². The third kappa shape index (κ3) is 3.12. The highest BCUT2D eigenvalue weighted by Crippen LogP contribution is 2.21. The van der Waals surface area contributed by atoms with Crippen molar-refractivity contribution < 1.29 is 0 Å². The first-order valence-electron chi connectivity index (χ1n) is 7.53. The maximum atomic E-state index is 4.24. The van der Waals surface area contributed by atoms with Crippen molar-refractivity contribution in [3.63, 3.8) is 0 Å². The molecule has 2 fully saturated rings. The van der Waals surface area contributed by atoms with E-state index in [0.717, 1.165) is 44.2 Å². The number of hydrogen-bond acceptors (Lipinski definition) is 5. The van der Waals surface area contributed by atoms with Crippen LogP contribution >= 0.6 is 0 Å². The van der Waals surface area contributed by atoms with Crippen LogP contribution in [0, 0.1) is 5.92 Å². The highest BCUT2D eigenvalue weighted by Gasteiger charge is 2.22. The summed E-state index contributed by atoms with van der Waals surface area (Å²) < 4.78 is 2.07. The van der Waals surface area contributed by atoms with Crippen LogP contribution in [0.3, 0.4) is 0 Å². The summed E-state index contributed by atoms with van der Waals surface area (Å²) >= 11 is 0. The van der Waals surface area contributed by atoms with E-state index in [1.54, 1.807) is 0 Å². The van der Waals surface area contributed by atoms with Crippen LogP contribution < -0.4 is 5.32 Å². The second kappa shape index (κ2) is 5.96. The van der Waals surface area contributed by atoms with E-state index in [1.807, 2.05) is 0 Å². The molecule has 1 aromatic heterocycles. The molecule has 3 heterocycles. The van der Waals surface area contributed by atoms with Gasteiger partial charge in [-0.2, -0.15) is 0 Å². The molecule has 6 nitrogen and oxygen atoms in total. The summed E-state index contributed by atoms with van der Waals surface area (Å²) in [5.41, 5.74) is 0. The van der Waals surface area contributed by atoms with Gasteiger partial charge in [-0.15, -0.1) is 5.10 Å². The largest absolute Gasteiger partial charge is 0.317 e. The Bertz CT molecular complexity index is 390. The first kappa shape index (κ1) is 13.0. The van der Waals surface area contributed by atoms with Crippen molar-refractivity contribution in [3.8, 4) is 0 Å². The minimum absolute atomic E-state index is 0.481. The van der Waals surface area contributed by atoms with Gasteiger partial charge < -0.3 is 5.32 Å². The van der Waals surface area contributed by atoms with Gasteiger partial charge in [0.1, 0.15) is 0 Å². The van der Waals surface area contributed by atoms with Crippen LogP contribution in [-0.2, 0) is 6.54 Å². The van der Waals surface area contributed by atoms with E-state index in [-0.39, 0.29) is 0 Å². The molecule has 0 radical (unpaired) electrons. The lowest BCUT2D eigenvalue weighted by molar-refractivity contribution is 0.175. The summed E-state index contributed by atoms with van der Waals surface area (Å²) in [6, 6.07) is 0.481. The van der Waals surface area contributed by atoms with Gasteiger partial charge in [-0.05, 0) is 68.2 Å². The summed E-state index contributed by atoms with van der Waals surface area (Å²) in [5, 5.41) is 15.7. The van der Waals surface area contributed by atoms with Crippen molar-refractivity contribution in [2.45, 2.75) is 45.2 Å². The molecular formula is C13H24N6. The van der Waals surface area contributed by atoms with Crippen molar-refractivity contribution >= 4 is 0 Å². The Morgan fingerprint density at radius 1 is 1.16 bits per heavy atom. The Morgan fingerprint density at radius 2 is 1.89 bits per heavy atom. The van der Waals surface area contributed by atoms with Gasteiger partial charge in [0.05, 0.1) is 12.6 Å². The fraction of sp³-hybridized carbons (Fsp3) is 0.923. The molecule has 2 aliphatic rings. The third-order valence-corrected chi connectivity index (χ3v) is 4.46. The number of tetrazole rings is 1. The third-order valence-electron chi connectivity index (χ3n) is 4.46. The zero-order valence-electron chi connectivity index (χ0n) is 11.8. The Morgan fingerprint density at radius 3 is 2.63 bits per heavy atom. The van der Waals surface area contributed by atoms with Crippen molar-refractivity contribution in [1.82, 2.24) is 30.4 Å². The number of likely N-dealkylation sites (tertiary alicyclic amines) is 1. The number of rotatable bonds is 3. The van der Waals surface area contributed by atoms with E-state index >= 15 is 0 Å². The van der Waals surface area contributed by atoms with Crippen molar-refractivity contribution in [2.75, 3.05) is 26.2 Å². The van der Waals surface area contributed by atoms with Crippen LogP contribution in [0.15, 0.2) is 0 Å². The van der Waals surface area contributed by atoms with Crippen LogP contribution in [0.4, 0.5) is 0 Å². The van der Waals surface area contributed by atoms with Gasteiger partial charge >= 0.3 is 0 Å². The fourth-order valence-corrected chi connectivity index (χ4v) is 3.07. The molecule has 0 atom stereocenters. The molecule has 0 bridgehead atoms. The van der Waals surface area contributed by atoms with E-state index in [2.05, 4.69) is 37.3 Å². The lowest BCUT2D eigenvalue weighted by Gasteiger charge is -2.30. The van der Waals surface area contributed by atoms with Crippen LogP contribution in [0.5, 0.6) is 0 Å². The molecule has 0 spiro atoms. The Labute approximate surface area is 114 Å². The molecule has 0 aliphatic carbocycles. The van der Waals surface area contributed by atoms with E-state index in [0.29, 0.717) is 6.04 Å². The first-order valence-corrected chi connectivity index (χ1v) is 7.53. The minimum atomic E-state index is 0.481. The Balaban J connectivity index is 1.63. The molecule has 19 heavy (non-hydrogen) atoms. The normalized spacial score (nSPS) is 23.8. The Hall–Kier alpha value is -1.01. The minimum Gasteiger partial charge on any atom is -0.317 e. The van der Waals surface area contributed by atoms with Gasteiger partial charge in [-0.3, -0.25) is 4.90 Å². The van der Waals surface area contributed by atoms with Crippen molar-refractivity contribution in [3.05, 3.63) is 5.82 Å². The number of hydrogen-bond donors (Lipinski definition) is 1. The number of aromatic nitrogens is 4. The van der Waals surface area contributed by atoms with Gasteiger partial charge in [0.2, 0.25) is 0 Å². The number of nitrogens with zero attached hydrogens (tertiary/aromatic N) is 5. The molecule has 0 unspecified atom stereocenters. The lowest BCUT2D eigenvalue weighted by Crippen LogP contribution is -2.35. The molecule has 1 aromatic rings. The van der Waals surface area contributed by atoms with E-state index in [1.165, 1.54) is 25.9 Å². The standard InChI is InChI=1S/C13H24N6/c1-11-4-8-18(9-5-11)10-13-15-16-17-19(13)12-2-6-14-7-3-12/h11-12,14H,2-10H2,1H3. The molecule has 2 saturated heterocycles. The molecule has 0 aromatic carbocycles. The van der Waals surface area contributed by atoms with E-state index in [9.17, 15) is 0 Å². The number of nitrogens with one attached hydrogen (secondary N) is 1. The molecule has 2 aliphatic heterocycles. The van der Waals surface area contributed by atoms with E-state index < -0.39 is 0 Å². The topological polar surface area (TPSA) is 58.9 Å². The zero-order valence-corrected chi connectivity index (χ0v) is 11.8. The van der Waals surface area contributed by atoms with Gasteiger partial charge in [-0.1, -0.05) is 6.92 Å². The molecule has 0 saturated carbocycles. The predicted molar refractivity (Wildman–Crippen MR) is 72.6 cm³/mol. The average molecular weight is 264 g/mol. The summed E-state index contributed by atoms with van der Waals surface area (Å²) in [7, 11) is 0. The van der Waals surface area contributed by atoms with Crippen LogP contribution in [0.2, 0.25) is 0 Å². The second-order valence-electron chi connectivity index (χ2n) is 5.98. The molecule has 6 heteroatoms. The smallest absolute Gasteiger partial charge is 0.165 e. The van der Waals surface area contributed by atoms with Crippen molar-refractivity contribution in [1.29, 1.82) is 0 Å². The number of piperidine rings is 2. The summed E-state index contributed by atoms with van der Waals surface area (Å²) in [6.07, 6.45) is 4.87. The zero-order chi connectivity index (χ0) is 13.1. The highest BCUT2D eigenvalue weighted by atomic mass is 15.6. The summed E-state index contributed by atoms with van der Waals surface area (Å²) in [5.74, 6) is 1.91. The quantitative estimate of drug-likeness (QED) is 0.876. The molecule has 3 rings (SSSR count). The monoisotopic (exact) mass is 264 g/mol.